The fourth-order valence-electron chi connectivity index (χ4n) is 4.53. The van der Waals surface area contributed by atoms with Crippen LogP contribution in [0, 0.1) is 18.7 Å². The third kappa shape index (κ3) is 4.75. The van der Waals surface area contributed by atoms with Gasteiger partial charge in [-0.25, -0.2) is 9.18 Å². The van der Waals surface area contributed by atoms with E-state index in [1.807, 2.05) is 10.6 Å². The third-order valence-corrected chi connectivity index (χ3v) is 6.43. The van der Waals surface area contributed by atoms with Gasteiger partial charge in [0.1, 0.15) is 5.82 Å². The van der Waals surface area contributed by atoms with Crippen molar-refractivity contribution in [2.45, 2.75) is 39.2 Å². The number of carbonyl (C=O) groups is 1. The zero-order chi connectivity index (χ0) is 22.1. The molecular formula is C24H27ClFN3O2. The quantitative estimate of drug-likeness (QED) is 0.547. The maximum absolute atomic E-state index is 13.8. The Kier molecular flexibility index (Phi) is 6.30. The predicted molar refractivity (Wildman–Crippen MR) is 122 cm³/mol. The number of imidazole rings is 1. The largest absolute Gasteiger partial charge is 0.326 e. The van der Waals surface area contributed by atoms with Crippen LogP contribution in [0.1, 0.15) is 48.1 Å². The van der Waals surface area contributed by atoms with Crippen LogP contribution in [0.25, 0.3) is 11.0 Å². The number of nitrogens with one attached hydrogen (secondary N) is 1. The summed E-state index contributed by atoms with van der Waals surface area (Å²) in [7, 11) is 0. The van der Waals surface area contributed by atoms with E-state index in [0.29, 0.717) is 22.6 Å². The van der Waals surface area contributed by atoms with Crippen molar-refractivity contribution in [3.8, 4) is 0 Å². The lowest BCUT2D eigenvalue weighted by Crippen LogP contribution is -2.39. The average molecular weight is 444 g/mol. The fraction of sp³-hybridized carbons (Fsp3) is 0.417. The Hall–Kier alpha value is -2.44. The van der Waals surface area contributed by atoms with E-state index in [1.54, 1.807) is 31.2 Å². The van der Waals surface area contributed by atoms with Gasteiger partial charge >= 0.3 is 5.69 Å². The van der Waals surface area contributed by atoms with Crippen molar-refractivity contribution < 1.29 is 9.18 Å². The molecule has 1 atom stereocenters. The second kappa shape index (κ2) is 8.97. The topological polar surface area (TPSA) is 58.1 Å². The highest BCUT2D eigenvalue weighted by Crippen LogP contribution is 2.27. The minimum Gasteiger partial charge on any atom is -0.305 e. The molecule has 0 bridgehead atoms. The van der Waals surface area contributed by atoms with Gasteiger partial charge in [-0.15, -0.1) is 0 Å². The van der Waals surface area contributed by atoms with E-state index in [1.165, 1.54) is 6.07 Å². The summed E-state index contributed by atoms with van der Waals surface area (Å²) >= 11 is 6.04. The molecule has 0 spiro atoms. The van der Waals surface area contributed by atoms with Crippen LogP contribution in [0.4, 0.5) is 4.39 Å². The van der Waals surface area contributed by atoms with Crippen LogP contribution in [-0.2, 0) is 0 Å². The number of hydrogen-bond acceptors (Lipinski definition) is 3. The summed E-state index contributed by atoms with van der Waals surface area (Å²) in [6, 6.07) is 10.3. The van der Waals surface area contributed by atoms with E-state index in [0.717, 1.165) is 43.5 Å². The number of H-pyrrole nitrogens is 1. The van der Waals surface area contributed by atoms with E-state index >= 15 is 0 Å². The normalized spacial score (nSPS) is 16.6. The number of aryl methyl sites for hydroxylation is 1. The zero-order valence-corrected chi connectivity index (χ0v) is 18.6. The number of aromatic nitrogens is 2. The molecule has 1 fully saturated rings. The van der Waals surface area contributed by atoms with Crippen molar-refractivity contribution in [3.05, 3.63) is 68.8 Å². The molecule has 4 rings (SSSR count). The van der Waals surface area contributed by atoms with Gasteiger partial charge in [-0.3, -0.25) is 9.36 Å². The molecule has 31 heavy (non-hydrogen) atoms. The molecule has 0 radical (unpaired) electrons. The Bertz CT molecular complexity index is 1160. The first kappa shape index (κ1) is 21.8. The molecule has 0 saturated carbocycles. The van der Waals surface area contributed by atoms with Crippen LogP contribution in [0.15, 0.2) is 41.2 Å². The summed E-state index contributed by atoms with van der Waals surface area (Å²) in [5.74, 6) is -0.188. The SMILES string of the molecule is Cc1ccc(C(=O)C[C@@H](C)CN2CCC(n3c(=O)[nH]c4cc(Cl)ccc43)CC2)cc1F. The first-order chi connectivity index (χ1) is 14.8. The van der Waals surface area contributed by atoms with Gasteiger partial charge in [-0.2, -0.15) is 0 Å². The second-order valence-corrected chi connectivity index (χ2v) is 9.13. The number of rotatable bonds is 6. The molecule has 1 aliphatic rings. The molecule has 3 aromatic rings. The zero-order valence-electron chi connectivity index (χ0n) is 17.8. The second-order valence-electron chi connectivity index (χ2n) is 8.69. The molecule has 1 aliphatic heterocycles. The van der Waals surface area contributed by atoms with E-state index in [9.17, 15) is 14.0 Å². The van der Waals surface area contributed by atoms with Crippen molar-refractivity contribution in [2.24, 2.45) is 5.92 Å². The van der Waals surface area contributed by atoms with Crippen LogP contribution >= 0.6 is 11.6 Å². The summed E-state index contributed by atoms with van der Waals surface area (Å²) in [5.41, 5.74) is 2.54. The molecule has 2 aromatic carbocycles. The first-order valence-electron chi connectivity index (χ1n) is 10.7. The summed E-state index contributed by atoms with van der Waals surface area (Å²) < 4.78 is 15.6. The van der Waals surface area contributed by atoms with Crippen molar-refractivity contribution in [1.29, 1.82) is 0 Å². The van der Waals surface area contributed by atoms with Gasteiger partial charge in [-0.1, -0.05) is 30.7 Å². The molecule has 1 aromatic heterocycles. The van der Waals surface area contributed by atoms with Crippen LogP contribution in [-0.4, -0.2) is 39.9 Å². The maximum Gasteiger partial charge on any atom is 0.326 e. The predicted octanol–water partition coefficient (Wildman–Crippen LogP) is 4.98. The van der Waals surface area contributed by atoms with Crippen LogP contribution < -0.4 is 5.69 Å². The highest BCUT2D eigenvalue weighted by atomic mass is 35.5. The van der Waals surface area contributed by atoms with Crippen LogP contribution in [0.3, 0.4) is 0 Å². The minimum atomic E-state index is -0.338. The lowest BCUT2D eigenvalue weighted by Gasteiger charge is -2.34. The number of halogens is 2. The van der Waals surface area contributed by atoms with Crippen LogP contribution in [0.5, 0.6) is 0 Å². The Balaban J connectivity index is 1.34. The number of benzene rings is 2. The van der Waals surface area contributed by atoms with Crippen molar-refractivity contribution in [2.75, 3.05) is 19.6 Å². The molecule has 1 saturated heterocycles. The van der Waals surface area contributed by atoms with Gasteiger partial charge in [0.15, 0.2) is 5.78 Å². The number of hydrogen-bond donors (Lipinski definition) is 1. The Morgan fingerprint density at radius 2 is 1.97 bits per heavy atom. The van der Waals surface area contributed by atoms with Gasteiger partial charge < -0.3 is 9.88 Å². The van der Waals surface area contributed by atoms with Gasteiger partial charge in [0, 0.05) is 42.7 Å². The molecule has 0 amide bonds. The van der Waals surface area contributed by atoms with Crippen molar-refractivity contribution in [1.82, 2.24) is 14.5 Å². The monoisotopic (exact) mass is 443 g/mol. The fourth-order valence-corrected chi connectivity index (χ4v) is 4.70. The molecule has 5 nitrogen and oxygen atoms in total. The molecule has 7 heteroatoms. The van der Waals surface area contributed by atoms with E-state index in [-0.39, 0.29) is 29.2 Å². The highest BCUT2D eigenvalue weighted by molar-refractivity contribution is 6.31. The number of Topliss-reactive ketones (excluding diaryl/α,β-unsaturated/α-hetero) is 1. The number of carbonyl (C=O) groups excluding carboxylic acids is 1. The molecule has 164 valence electrons. The molecule has 1 N–H and O–H groups in total. The summed E-state index contributed by atoms with van der Waals surface area (Å²) in [5, 5.41) is 0.604. The average Bonchev–Trinajstić information content (AvgIpc) is 3.05. The Morgan fingerprint density at radius 3 is 2.68 bits per heavy atom. The lowest BCUT2D eigenvalue weighted by atomic mass is 9.97. The number of aromatic amines is 1. The summed E-state index contributed by atoms with van der Waals surface area (Å²) in [6.45, 7) is 6.30. The first-order valence-corrected chi connectivity index (χ1v) is 11.1. The maximum atomic E-state index is 13.8. The molecule has 0 unspecified atom stereocenters. The lowest BCUT2D eigenvalue weighted by molar-refractivity contribution is 0.0941. The number of ketones is 1. The van der Waals surface area contributed by atoms with Gasteiger partial charge in [-0.05, 0) is 55.5 Å². The number of fused-ring (bicyclic) bond motifs is 1. The summed E-state index contributed by atoms with van der Waals surface area (Å²) in [4.78, 5) is 30.3. The van der Waals surface area contributed by atoms with Gasteiger partial charge in [0.25, 0.3) is 0 Å². The van der Waals surface area contributed by atoms with Gasteiger partial charge in [0.2, 0.25) is 0 Å². The van der Waals surface area contributed by atoms with Crippen LogP contribution in [0.2, 0.25) is 5.02 Å². The van der Waals surface area contributed by atoms with E-state index in [2.05, 4.69) is 16.8 Å². The Labute approximate surface area is 185 Å². The smallest absolute Gasteiger partial charge is 0.305 e. The Morgan fingerprint density at radius 1 is 1.23 bits per heavy atom. The molecule has 0 aliphatic carbocycles. The van der Waals surface area contributed by atoms with E-state index < -0.39 is 0 Å². The molecule has 2 heterocycles. The number of likely N-dealkylation sites (tertiary alicyclic amines) is 1. The minimum absolute atomic E-state index is 0.0229. The van der Waals surface area contributed by atoms with Crippen molar-refractivity contribution >= 4 is 28.4 Å². The summed E-state index contributed by atoms with van der Waals surface area (Å²) in [6.07, 6.45) is 2.14. The van der Waals surface area contributed by atoms with Crippen molar-refractivity contribution in [3.63, 3.8) is 0 Å². The number of piperidine rings is 1. The standard InChI is InChI=1S/C24H27ClFN3O2/c1-15(11-23(30)17-4-3-16(2)20(26)12-17)14-28-9-7-19(8-10-28)29-22-6-5-18(25)13-21(22)27-24(29)31/h3-6,12-13,15,19H,7-11,14H2,1-2H3,(H,27,31)/t15-/m1/s1. The van der Waals surface area contributed by atoms with Gasteiger partial charge in [0.05, 0.1) is 11.0 Å². The van der Waals surface area contributed by atoms with E-state index in [4.69, 9.17) is 11.6 Å². The number of nitrogens with zero attached hydrogens (tertiary/aromatic N) is 2. The highest BCUT2D eigenvalue weighted by Gasteiger charge is 2.25. The third-order valence-electron chi connectivity index (χ3n) is 6.20. The molecular weight excluding hydrogens is 417 g/mol.